The van der Waals surface area contributed by atoms with Gasteiger partial charge in [-0.25, -0.2) is 0 Å². The van der Waals surface area contributed by atoms with Crippen LogP contribution in [0.1, 0.15) is 22.0 Å². The molecule has 0 aliphatic carbocycles. The first-order chi connectivity index (χ1) is 12.6. The normalized spacial score (nSPS) is 16.0. The van der Waals surface area contributed by atoms with Crippen LogP contribution in [0.25, 0.3) is 0 Å². The maximum atomic E-state index is 12.7. The van der Waals surface area contributed by atoms with Gasteiger partial charge in [-0.3, -0.25) is 9.69 Å². The monoisotopic (exact) mass is 413 g/mol. The number of rotatable bonds is 4. The molecule has 6 heteroatoms. The van der Waals surface area contributed by atoms with Crippen molar-refractivity contribution in [2.24, 2.45) is 0 Å². The van der Waals surface area contributed by atoms with E-state index in [0.29, 0.717) is 31.7 Å². The molecule has 5 nitrogen and oxygen atoms in total. The lowest BCUT2D eigenvalue weighted by Crippen LogP contribution is -2.49. The van der Waals surface area contributed by atoms with Crippen molar-refractivity contribution in [3.8, 4) is 11.8 Å². The zero-order chi connectivity index (χ0) is 18.5. The molecule has 0 bridgehead atoms. The fourth-order valence-corrected chi connectivity index (χ4v) is 3.60. The van der Waals surface area contributed by atoms with E-state index in [1.54, 1.807) is 7.11 Å². The number of amides is 1. The van der Waals surface area contributed by atoms with Crippen LogP contribution in [0, 0.1) is 11.3 Å². The summed E-state index contributed by atoms with van der Waals surface area (Å²) in [6.07, 6.45) is 0. The lowest BCUT2D eigenvalue weighted by molar-refractivity contribution is 0.0605. The number of halogens is 1. The third-order valence-electron chi connectivity index (χ3n) is 4.62. The first kappa shape index (κ1) is 18.4. The number of ether oxygens (including phenoxy) is 1. The Labute approximate surface area is 161 Å². The summed E-state index contributed by atoms with van der Waals surface area (Å²) in [6, 6.07) is 17.1. The molecule has 26 heavy (non-hydrogen) atoms. The highest BCUT2D eigenvalue weighted by molar-refractivity contribution is 9.10. The molecule has 1 aliphatic rings. The average molecular weight is 414 g/mol. The summed E-state index contributed by atoms with van der Waals surface area (Å²) in [5.74, 6) is 0.796. The van der Waals surface area contributed by atoms with E-state index in [2.05, 4.69) is 26.9 Å². The number of hydrogen-bond acceptors (Lipinski definition) is 4. The van der Waals surface area contributed by atoms with Crippen LogP contribution in [0.15, 0.2) is 53.0 Å². The second kappa shape index (κ2) is 8.35. The Morgan fingerprint density at radius 1 is 1.12 bits per heavy atom. The van der Waals surface area contributed by atoms with Gasteiger partial charge in [0.25, 0.3) is 5.91 Å². The first-order valence-corrected chi connectivity index (χ1v) is 9.24. The van der Waals surface area contributed by atoms with E-state index in [0.717, 1.165) is 15.8 Å². The second-order valence-electron chi connectivity index (χ2n) is 6.11. The van der Waals surface area contributed by atoms with Gasteiger partial charge in [0.1, 0.15) is 11.8 Å². The summed E-state index contributed by atoms with van der Waals surface area (Å²) < 4.78 is 5.98. The molecular formula is C20H20BrN3O2. The Morgan fingerprint density at radius 3 is 2.35 bits per heavy atom. The fraction of sp³-hybridized carbons (Fsp3) is 0.300. The summed E-state index contributed by atoms with van der Waals surface area (Å²) in [4.78, 5) is 16.7. The number of benzene rings is 2. The van der Waals surface area contributed by atoms with Crippen LogP contribution in [0.3, 0.4) is 0 Å². The fourth-order valence-electron chi connectivity index (χ4n) is 3.14. The van der Waals surface area contributed by atoms with Crippen LogP contribution in [0.5, 0.6) is 5.75 Å². The highest BCUT2D eigenvalue weighted by Gasteiger charge is 2.28. The van der Waals surface area contributed by atoms with Crippen molar-refractivity contribution in [1.29, 1.82) is 5.26 Å². The van der Waals surface area contributed by atoms with Crippen molar-refractivity contribution in [2.45, 2.75) is 6.04 Å². The minimum Gasteiger partial charge on any atom is -0.497 e. The number of methoxy groups -OCH3 is 1. The van der Waals surface area contributed by atoms with Gasteiger partial charge in [0, 0.05) is 30.7 Å². The number of carbonyl (C=O) groups excluding carboxylic acids is 1. The van der Waals surface area contributed by atoms with Crippen molar-refractivity contribution < 1.29 is 9.53 Å². The van der Waals surface area contributed by atoms with Gasteiger partial charge < -0.3 is 9.64 Å². The number of piperazine rings is 1. The number of carbonyl (C=O) groups is 1. The van der Waals surface area contributed by atoms with Crippen LogP contribution in [-0.4, -0.2) is 49.0 Å². The van der Waals surface area contributed by atoms with Gasteiger partial charge in [-0.1, -0.05) is 24.3 Å². The molecule has 0 aromatic heterocycles. The Morgan fingerprint density at radius 2 is 1.77 bits per heavy atom. The van der Waals surface area contributed by atoms with Gasteiger partial charge >= 0.3 is 0 Å². The summed E-state index contributed by atoms with van der Waals surface area (Å²) in [7, 11) is 1.62. The van der Waals surface area contributed by atoms with E-state index in [-0.39, 0.29) is 11.9 Å². The molecule has 0 radical (unpaired) electrons. The van der Waals surface area contributed by atoms with Crippen LogP contribution in [0.2, 0.25) is 0 Å². The third-order valence-corrected chi connectivity index (χ3v) is 5.32. The zero-order valence-electron chi connectivity index (χ0n) is 14.6. The molecule has 1 heterocycles. The molecule has 3 rings (SSSR count). The summed E-state index contributed by atoms with van der Waals surface area (Å²) >= 11 is 3.44. The molecule has 1 atom stereocenters. The predicted molar refractivity (Wildman–Crippen MR) is 103 cm³/mol. The Kier molecular flexibility index (Phi) is 5.92. The number of nitriles is 1. The van der Waals surface area contributed by atoms with E-state index in [9.17, 15) is 10.1 Å². The van der Waals surface area contributed by atoms with Gasteiger partial charge in [0.05, 0.1) is 18.7 Å². The highest BCUT2D eigenvalue weighted by Crippen LogP contribution is 2.25. The molecule has 0 saturated carbocycles. The molecule has 2 aromatic rings. The average Bonchev–Trinajstić information content (AvgIpc) is 2.69. The van der Waals surface area contributed by atoms with Gasteiger partial charge in [-0.2, -0.15) is 5.26 Å². The van der Waals surface area contributed by atoms with Crippen LogP contribution in [0.4, 0.5) is 0 Å². The van der Waals surface area contributed by atoms with E-state index in [1.165, 1.54) is 0 Å². The van der Waals surface area contributed by atoms with E-state index < -0.39 is 0 Å². The van der Waals surface area contributed by atoms with Crippen molar-refractivity contribution in [1.82, 2.24) is 9.80 Å². The van der Waals surface area contributed by atoms with Gasteiger partial charge in [0.15, 0.2) is 0 Å². The summed E-state index contributed by atoms with van der Waals surface area (Å²) in [5.41, 5.74) is 1.62. The largest absolute Gasteiger partial charge is 0.497 e. The van der Waals surface area contributed by atoms with Crippen LogP contribution >= 0.6 is 15.9 Å². The molecule has 1 fully saturated rings. The van der Waals surface area contributed by atoms with Crippen LogP contribution in [-0.2, 0) is 0 Å². The van der Waals surface area contributed by atoms with E-state index in [4.69, 9.17) is 4.74 Å². The third kappa shape index (κ3) is 3.90. The van der Waals surface area contributed by atoms with Crippen molar-refractivity contribution in [3.05, 3.63) is 64.1 Å². The SMILES string of the molecule is COc1ccc([C@H](C#N)N2CCN(C(=O)c3ccccc3Br)CC2)cc1. The molecule has 0 spiro atoms. The second-order valence-corrected chi connectivity index (χ2v) is 6.97. The quantitative estimate of drug-likeness (QED) is 0.769. The maximum Gasteiger partial charge on any atom is 0.255 e. The molecule has 134 valence electrons. The minimum absolute atomic E-state index is 0.0232. The predicted octanol–water partition coefficient (Wildman–Crippen LogP) is 3.48. The van der Waals surface area contributed by atoms with E-state index in [1.807, 2.05) is 53.4 Å². The Balaban J connectivity index is 1.66. The van der Waals surface area contributed by atoms with Crippen LogP contribution < -0.4 is 4.74 Å². The molecule has 1 aliphatic heterocycles. The smallest absolute Gasteiger partial charge is 0.255 e. The maximum absolute atomic E-state index is 12.7. The number of hydrogen-bond donors (Lipinski definition) is 0. The van der Waals surface area contributed by atoms with Crippen molar-refractivity contribution in [3.63, 3.8) is 0 Å². The lowest BCUT2D eigenvalue weighted by atomic mass is 10.1. The highest BCUT2D eigenvalue weighted by atomic mass is 79.9. The summed E-state index contributed by atoms with van der Waals surface area (Å²) in [6.45, 7) is 2.55. The lowest BCUT2D eigenvalue weighted by Gasteiger charge is -2.37. The zero-order valence-corrected chi connectivity index (χ0v) is 16.1. The topological polar surface area (TPSA) is 56.6 Å². The molecule has 2 aromatic carbocycles. The van der Waals surface area contributed by atoms with Gasteiger partial charge in [-0.05, 0) is 45.8 Å². The molecule has 0 unspecified atom stereocenters. The minimum atomic E-state index is -0.318. The molecule has 1 amide bonds. The first-order valence-electron chi connectivity index (χ1n) is 8.45. The Bertz CT molecular complexity index is 809. The number of nitrogens with zero attached hydrogens (tertiary/aromatic N) is 3. The standard InChI is InChI=1S/C20H20BrN3O2/c1-26-16-8-6-15(7-9-16)19(14-22)23-10-12-24(13-11-23)20(25)17-4-2-3-5-18(17)21/h2-9,19H,10-13H2,1H3/t19-/m0/s1. The molecular weight excluding hydrogens is 394 g/mol. The van der Waals surface area contributed by atoms with Crippen molar-refractivity contribution >= 4 is 21.8 Å². The molecule has 0 N–H and O–H groups in total. The van der Waals surface area contributed by atoms with Gasteiger partial charge in [0.2, 0.25) is 0 Å². The molecule has 1 saturated heterocycles. The van der Waals surface area contributed by atoms with Crippen molar-refractivity contribution in [2.75, 3.05) is 33.3 Å². The van der Waals surface area contributed by atoms with Gasteiger partial charge in [-0.15, -0.1) is 0 Å². The Hall–Kier alpha value is -2.36. The summed E-state index contributed by atoms with van der Waals surface area (Å²) in [5, 5.41) is 9.64. The van der Waals surface area contributed by atoms with E-state index >= 15 is 0 Å².